The van der Waals surface area contributed by atoms with Crippen LogP contribution in [0.3, 0.4) is 0 Å². The third-order valence-corrected chi connectivity index (χ3v) is 3.80. The molecule has 0 aliphatic rings. The Bertz CT molecular complexity index is 766. The SMILES string of the molecule is COCC(C)n1c(O)c(-c2ccccc2Br)c(=O)[nH]c1=O. The van der Waals surface area contributed by atoms with Gasteiger partial charge < -0.3 is 9.84 Å². The Hall–Kier alpha value is -1.86. The molecule has 1 aromatic heterocycles. The topological polar surface area (TPSA) is 84.3 Å². The summed E-state index contributed by atoms with van der Waals surface area (Å²) in [5, 5.41) is 10.4. The highest BCUT2D eigenvalue weighted by molar-refractivity contribution is 9.10. The molecule has 0 aliphatic carbocycles. The Morgan fingerprint density at radius 3 is 2.67 bits per heavy atom. The molecule has 0 fully saturated rings. The monoisotopic (exact) mass is 354 g/mol. The lowest BCUT2D eigenvalue weighted by atomic mass is 10.1. The normalized spacial score (nSPS) is 12.3. The molecule has 1 unspecified atom stereocenters. The molecular formula is C14H15BrN2O4. The van der Waals surface area contributed by atoms with Crippen molar-refractivity contribution in [2.75, 3.05) is 13.7 Å². The van der Waals surface area contributed by atoms with Gasteiger partial charge in [-0.3, -0.25) is 14.3 Å². The quantitative estimate of drug-likeness (QED) is 0.877. The van der Waals surface area contributed by atoms with Gasteiger partial charge in [-0.25, -0.2) is 4.79 Å². The van der Waals surface area contributed by atoms with Crippen LogP contribution in [-0.4, -0.2) is 28.4 Å². The number of hydrogen-bond acceptors (Lipinski definition) is 4. The fourth-order valence-corrected chi connectivity index (χ4v) is 2.65. The van der Waals surface area contributed by atoms with E-state index < -0.39 is 17.3 Å². The lowest BCUT2D eigenvalue weighted by Gasteiger charge is -2.17. The van der Waals surface area contributed by atoms with Crippen LogP contribution in [-0.2, 0) is 4.74 Å². The van der Waals surface area contributed by atoms with Gasteiger partial charge in [-0.15, -0.1) is 0 Å². The fourth-order valence-electron chi connectivity index (χ4n) is 2.17. The summed E-state index contributed by atoms with van der Waals surface area (Å²) >= 11 is 3.34. The molecule has 2 N–H and O–H groups in total. The highest BCUT2D eigenvalue weighted by Crippen LogP contribution is 2.31. The van der Waals surface area contributed by atoms with Crippen molar-refractivity contribution in [3.63, 3.8) is 0 Å². The molecule has 6 nitrogen and oxygen atoms in total. The highest BCUT2D eigenvalue weighted by atomic mass is 79.9. The van der Waals surface area contributed by atoms with Crippen LogP contribution in [0.2, 0.25) is 0 Å². The van der Waals surface area contributed by atoms with Crippen LogP contribution in [0.15, 0.2) is 38.3 Å². The third kappa shape index (κ3) is 2.93. The number of rotatable bonds is 4. The van der Waals surface area contributed by atoms with Crippen molar-refractivity contribution >= 4 is 15.9 Å². The molecule has 0 bridgehead atoms. The number of aromatic nitrogens is 2. The first kappa shape index (κ1) is 15.5. The van der Waals surface area contributed by atoms with E-state index in [2.05, 4.69) is 20.9 Å². The number of halogens is 1. The van der Waals surface area contributed by atoms with Gasteiger partial charge in [0.15, 0.2) is 0 Å². The van der Waals surface area contributed by atoms with Gasteiger partial charge in [-0.1, -0.05) is 34.1 Å². The molecule has 2 aromatic rings. The van der Waals surface area contributed by atoms with E-state index in [1.54, 1.807) is 31.2 Å². The van der Waals surface area contributed by atoms with Gasteiger partial charge in [-0.2, -0.15) is 0 Å². The molecule has 1 heterocycles. The fraction of sp³-hybridized carbons (Fsp3) is 0.286. The third-order valence-electron chi connectivity index (χ3n) is 3.11. The summed E-state index contributed by atoms with van der Waals surface area (Å²) in [5.41, 5.74) is -0.747. The number of H-pyrrole nitrogens is 1. The zero-order valence-corrected chi connectivity index (χ0v) is 13.2. The van der Waals surface area contributed by atoms with Gasteiger partial charge >= 0.3 is 5.69 Å². The molecule has 0 saturated carbocycles. The van der Waals surface area contributed by atoms with Crippen molar-refractivity contribution in [2.24, 2.45) is 0 Å². The minimum absolute atomic E-state index is 0.0463. The van der Waals surface area contributed by atoms with E-state index in [0.29, 0.717) is 10.0 Å². The number of methoxy groups -OCH3 is 1. The van der Waals surface area contributed by atoms with Crippen molar-refractivity contribution in [1.82, 2.24) is 9.55 Å². The Kier molecular flexibility index (Phi) is 4.64. The van der Waals surface area contributed by atoms with E-state index in [9.17, 15) is 14.7 Å². The van der Waals surface area contributed by atoms with Crippen molar-refractivity contribution in [3.05, 3.63) is 49.6 Å². The van der Waals surface area contributed by atoms with Crippen molar-refractivity contribution < 1.29 is 9.84 Å². The lowest BCUT2D eigenvalue weighted by Crippen LogP contribution is -2.34. The van der Waals surface area contributed by atoms with E-state index in [-0.39, 0.29) is 18.1 Å². The summed E-state index contributed by atoms with van der Waals surface area (Å²) in [6.45, 7) is 1.95. The largest absolute Gasteiger partial charge is 0.494 e. The molecule has 1 atom stereocenters. The van der Waals surface area contributed by atoms with Crippen LogP contribution in [0, 0.1) is 0 Å². The number of hydrogen-bond donors (Lipinski definition) is 2. The van der Waals surface area contributed by atoms with Gasteiger partial charge in [0.25, 0.3) is 5.56 Å². The Morgan fingerprint density at radius 2 is 2.05 bits per heavy atom. The zero-order valence-electron chi connectivity index (χ0n) is 11.6. The number of nitrogens with one attached hydrogen (secondary N) is 1. The summed E-state index contributed by atoms with van der Waals surface area (Å²) in [7, 11) is 1.50. The zero-order chi connectivity index (χ0) is 15.6. The average Bonchev–Trinajstić information content (AvgIpc) is 2.40. The second-order valence-electron chi connectivity index (χ2n) is 4.61. The van der Waals surface area contributed by atoms with Crippen LogP contribution in [0.5, 0.6) is 5.88 Å². The van der Waals surface area contributed by atoms with E-state index in [1.807, 2.05) is 0 Å². The van der Waals surface area contributed by atoms with E-state index in [1.165, 1.54) is 7.11 Å². The van der Waals surface area contributed by atoms with Crippen LogP contribution >= 0.6 is 15.9 Å². The van der Waals surface area contributed by atoms with Crippen molar-refractivity contribution in [3.8, 4) is 17.0 Å². The number of ether oxygens (including phenoxy) is 1. The predicted octanol–water partition coefficient (Wildman–Crippen LogP) is 1.88. The second kappa shape index (κ2) is 6.28. The maximum Gasteiger partial charge on any atom is 0.331 e. The molecule has 1 aromatic carbocycles. The van der Waals surface area contributed by atoms with Gasteiger partial charge in [0.05, 0.1) is 12.6 Å². The summed E-state index contributed by atoms with van der Waals surface area (Å²) < 4.78 is 6.75. The maximum atomic E-state index is 12.1. The minimum Gasteiger partial charge on any atom is -0.494 e. The lowest BCUT2D eigenvalue weighted by molar-refractivity contribution is 0.155. The van der Waals surface area contributed by atoms with Crippen LogP contribution in [0.25, 0.3) is 11.1 Å². The maximum absolute atomic E-state index is 12.1. The Morgan fingerprint density at radius 1 is 1.38 bits per heavy atom. The predicted molar refractivity (Wildman–Crippen MR) is 82.7 cm³/mol. The Balaban J connectivity index is 2.74. The average molecular weight is 355 g/mol. The molecule has 0 saturated heterocycles. The van der Waals surface area contributed by atoms with Gasteiger partial charge in [0.1, 0.15) is 5.56 Å². The summed E-state index contributed by atoms with van der Waals surface area (Å²) in [6, 6.07) is 6.56. The first-order chi connectivity index (χ1) is 9.97. The Labute approximate surface area is 129 Å². The molecule has 2 rings (SSSR count). The number of aromatic hydroxyl groups is 1. The first-order valence-electron chi connectivity index (χ1n) is 6.29. The second-order valence-corrected chi connectivity index (χ2v) is 5.47. The van der Waals surface area contributed by atoms with Gasteiger partial charge in [-0.05, 0) is 13.0 Å². The molecule has 112 valence electrons. The molecular weight excluding hydrogens is 340 g/mol. The van der Waals surface area contributed by atoms with Crippen LogP contribution < -0.4 is 11.2 Å². The summed E-state index contributed by atoms with van der Waals surface area (Å²) in [5.74, 6) is -0.375. The standard InChI is InChI=1S/C14H15BrN2O4/c1-8(7-21-2)17-13(19)11(12(18)16-14(17)20)9-5-3-4-6-10(9)15/h3-6,8,19H,7H2,1-2H3,(H,16,18,20). The molecule has 0 radical (unpaired) electrons. The minimum atomic E-state index is -0.669. The molecule has 0 aliphatic heterocycles. The van der Waals surface area contributed by atoms with E-state index in [4.69, 9.17) is 4.74 Å². The highest BCUT2D eigenvalue weighted by Gasteiger charge is 2.20. The number of benzene rings is 1. The van der Waals surface area contributed by atoms with Crippen LogP contribution in [0.1, 0.15) is 13.0 Å². The molecule has 21 heavy (non-hydrogen) atoms. The first-order valence-corrected chi connectivity index (χ1v) is 7.08. The molecule has 0 spiro atoms. The van der Waals surface area contributed by atoms with Crippen molar-refractivity contribution in [1.29, 1.82) is 0 Å². The van der Waals surface area contributed by atoms with Crippen LogP contribution in [0.4, 0.5) is 0 Å². The van der Waals surface area contributed by atoms with Crippen molar-refractivity contribution in [2.45, 2.75) is 13.0 Å². The summed E-state index contributed by atoms with van der Waals surface area (Å²) in [4.78, 5) is 26.2. The van der Waals surface area contributed by atoms with Gasteiger partial charge in [0.2, 0.25) is 5.88 Å². The number of aromatic amines is 1. The van der Waals surface area contributed by atoms with E-state index in [0.717, 1.165) is 4.57 Å². The summed E-state index contributed by atoms with van der Waals surface area (Å²) in [6.07, 6.45) is 0. The molecule has 7 heteroatoms. The smallest absolute Gasteiger partial charge is 0.331 e. The van der Waals surface area contributed by atoms with E-state index >= 15 is 0 Å². The molecule has 0 amide bonds. The number of nitrogens with zero attached hydrogens (tertiary/aromatic N) is 1. The van der Waals surface area contributed by atoms with Gasteiger partial charge in [0, 0.05) is 17.1 Å².